The van der Waals surface area contributed by atoms with Gasteiger partial charge < -0.3 is 15.3 Å². The minimum Gasteiger partial charge on any atom is -0.467 e. The number of halogens is 1. The minimum absolute atomic E-state index is 0.283. The van der Waals surface area contributed by atoms with Crippen molar-refractivity contribution in [2.45, 2.75) is 18.6 Å². The van der Waals surface area contributed by atoms with Gasteiger partial charge in [-0.1, -0.05) is 12.1 Å². The Morgan fingerprint density at radius 3 is 2.53 bits per heavy atom. The molecule has 2 aromatic rings. The molecule has 0 aliphatic carbocycles. The van der Waals surface area contributed by atoms with Crippen molar-refractivity contribution in [1.82, 2.24) is 0 Å². The van der Waals surface area contributed by atoms with Gasteiger partial charge in [-0.15, -0.1) is 0 Å². The molecule has 0 radical (unpaired) electrons. The number of nitrogens with two attached hydrogens (primary N) is 1. The van der Waals surface area contributed by atoms with Crippen molar-refractivity contribution in [2.75, 3.05) is 0 Å². The normalized spacial score (nSPS) is 14.5. The van der Waals surface area contributed by atoms with E-state index in [0.717, 1.165) is 5.56 Å². The molecule has 17 heavy (non-hydrogen) atoms. The fraction of sp³-hybridized carbons (Fsp3) is 0.231. The van der Waals surface area contributed by atoms with E-state index in [1.807, 2.05) is 0 Å². The van der Waals surface area contributed by atoms with Gasteiger partial charge in [-0.25, -0.2) is 4.39 Å². The maximum Gasteiger partial charge on any atom is 0.133 e. The van der Waals surface area contributed by atoms with Crippen LogP contribution < -0.4 is 5.73 Å². The zero-order chi connectivity index (χ0) is 12.3. The Kier molecular flexibility index (Phi) is 3.56. The molecular formula is C13H14FNO2. The van der Waals surface area contributed by atoms with Gasteiger partial charge in [0.25, 0.3) is 0 Å². The summed E-state index contributed by atoms with van der Waals surface area (Å²) in [5.41, 5.74) is 6.75. The van der Waals surface area contributed by atoms with Crippen molar-refractivity contribution < 1.29 is 13.9 Å². The molecule has 1 aromatic heterocycles. The van der Waals surface area contributed by atoms with E-state index in [1.54, 1.807) is 24.3 Å². The van der Waals surface area contributed by atoms with Gasteiger partial charge in [0.1, 0.15) is 17.7 Å². The zero-order valence-corrected chi connectivity index (χ0v) is 9.21. The summed E-state index contributed by atoms with van der Waals surface area (Å²) in [4.78, 5) is 0. The largest absolute Gasteiger partial charge is 0.467 e. The summed E-state index contributed by atoms with van der Waals surface area (Å²) in [5.74, 6) is 0.161. The maximum absolute atomic E-state index is 12.7. The van der Waals surface area contributed by atoms with Crippen LogP contribution in [0.4, 0.5) is 4.39 Å². The second-order valence-electron chi connectivity index (χ2n) is 3.95. The van der Waals surface area contributed by atoms with Crippen LogP contribution in [0.2, 0.25) is 0 Å². The van der Waals surface area contributed by atoms with E-state index in [-0.39, 0.29) is 5.82 Å². The summed E-state index contributed by atoms with van der Waals surface area (Å²) < 4.78 is 17.8. The van der Waals surface area contributed by atoms with Crippen LogP contribution in [-0.2, 0) is 6.42 Å². The molecule has 0 amide bonds. The molecule has 90 valence electrons. The summed E-state index contributed by atoms with van der Waals surface area (Å²) in [5, 5.41) is 9.90. The first kappa shape index (κ1) is 11.8. The van der Waals surface area contributed by atoms with Gasteiger partial charge in [-0.2, -0.15) is 0 Å². The first-order valence-electron chi connectivity index (χ1n) is 5.38. The lowest BCUT2D eigenvalue weighted by molar-refractivity contribution is 0.121. The van der Waals surface area contributed by atoms with E-state index >= 15 is 0 Å². The number of aliphatic hydroxyl groups excluding tert-OH is 1. The molecular weight excluding hydrogens is 221 g/mol. The van der Waals surface area contributed by atoms with Crippen LogP contribution in [0, 0.1) is 5.82 Å². The molecule has 0 aliphatic rings. The topological polar surface area (TPSA) is 59.4 Å². The van der Waals surface area contributed by atoms with Crippen LogP contribution in [0.1, 0.15) is 17.4 Å². The summed E-state index contributed by atoms with van der Waals surface area (Å²) in [7, 11) is 0. The Bertz CT molecular complexity index is 453. The molecule has 3 nitrogen and oxygen atoms in total. The smallest absolute Gasteiger partial charge is 0.133 e. The van der Waals surface area contributed by atoms with Gasteiger partial charge in [0.2, 0.25) is 0 Å². The third-order valence-electron chi connectivity index (χ3n) is 2.62. The van der Waals surface area contributed by atoms with Crippen molar-refractivity contribution in [3.8, 4) is 0 Å². The Morgan fingerprint density at radius 2 is 1.94 bits per heavy atom. The van der Waals surface area contributed by atoms with E-state index in [0.29, 0.717) is 12.2 Å². The average molecular weight is 235 g/mol. The Balaban J connectivity index is 2.01. The van der Waals surface area contributed by atoms with Crippen LogP contribution in [0.5, 0.6) is 0 Å². The van der Waals surface area contributed by atoms with Crippen LogP contribution in [0.3, 0.4) is 0 Å². The molecule has 4 heteroatoms. The molecule has 2 unspecified atom stereocenters. The standard InChI is InChI=1S/C13H14FNO2/c14-10-5-3-9(4-6-10)8-11(15)13(16)12-2-1-7-17-12/h1-7,11,13,16H,8,15H2. The fourth-order valence-corrected chi connectivity index (χ4v) is 1.67. The van der Waals surface area contributed by atoms with E-state index in [2.05, 4.69) is 0 Å². The maximum atomic E-state index is 12.7. The second kappa shape index (κ2) is 5.12. The highest BCUT2D eigenvalue weighted by Crippen LogP contribution is 2.18. The number of furan rings is 1. The summed E-state index contributed by atoms with van der Waals surface area (Å²) in [6.45, 7) is 0. The van der Waals surface area contributed by atoms with Gasteiger partial charge in [0.05, 0.1) is 6.26 Å². The molecule has 0 saturated heterocycles. The van der Waals surface area contributed by atoms with Gasteiger partial charge in [0.15, 0.2) is 0 Å². The quantitative estimate of drug-likeness (QED) is 0.852. The monoisotopic (exact) mass is 235 g/mol. The lowest BCUT2D eigenvalue weighted by atomic mass is 10.0. The molecule has 0 spiro atoms. The number of benzene rings is 1. The van der Waals surface area contributed by atoms with E-state index < -0.39 is 12.1 Å². The lowest BCUT2D eigenvalue weighted by Gasteiger charge is -2.16. The van der Waals surface area contributed by atoms with Crippen LogP contribution in [0.25, 0.3) is 0 Å². The van der Waals surface area contributed by atoms with Crippen molar-refractivity contribution in [3.63, 3.8) is 0 Å². The molecule has 0 aliphatic heterocycles. The van der Waals surface area contributed by atoms with Gasteiger partial charge in [-0.05, 0) is 36.2 Å². The number of hydrogen-bond acceptors (Lipinski definition) is 3. The molecule has 1 heterocycles. The molecule has 0 fully saturated rings. The highest BCUT2D eigenvalue weighted by Gasteiger charge is 2.19. The molecule has 2 atom stereocenters. The summed E-state index contributed by atoms with van der Waals surface area (Å²) in [6.07, 6.45) is 1.10. The van der Waals surface area contributed by atoms with Crippen LogP contribution in [-0.4, -0.2) is 11.1 Å². The van der Waals surface area contributed by atoms with Gasteiger partial charge in [-0.3, -0.25) is 0 Å². The van der Waals surface area contributed by atoms with Gasteiger partial charge >= 0.3 is 0 Å². The molecule has 2 rings (SSSR count). The first-order chi connectivity index (χ1) is 8.16. The predicted molar refractivity (Wildman–Crippen MR) is 61.7 cm³/mol. The third kappa shape index (κ3) is 2.93. The van der Waals surface area contributed by atoms with E-state index in [1.165, 1.54) is 18.4 Å². The Morgan fingerprint density at radius 1 is 1.24 bits per heavy atom. The Labute approximate surface area is 98.7 Å². The number of aliphatic hydroxyl groups is 1. The minimum atomic E-state index is -0.852. The average Bonchev–Trinajstić information content (AvgIpc) is 2.84. The Hall–Kier alpha value is -1.65. The van der Waals surface area contributed by atoms with E-state index in [9.17, 15) is 9.50 Å². The number of rotatable bonds is 4. The summed E-state index contributed by atoms with van der Waals surface area (Å²) in [6, 6.07) is 8.96. The van der Waals surface area contributed by atoms with Crippen molar-refractivity contribution in [2.24, 2.45) is 5.73 Å². The molecule has 0 bridgehead atoms. The van der Waals surface area contributed by atoms with Crippen LogP contribution >= 0.6 is 0 Å². The third-order valence-corrected chi connectivity index (χ3v) is 2.62. The summed E-state index contributed by atoms with van der Waals surface area (Å²) >= 11 is 0. The number of hydrogen-bond donors (Lipinski definition) is 2. The molecule has 1 aromatic carbocycles. The van der Waals surface area contributed by atoms with Crippen molar-refractivity contribution >= 4 is 0 Å². The van der Waals surface area contributed by atoms with E-state index in [4.69, 9.17) is 10.2 Å². The lowest BCUT2D eigenvalue weighted by Crippen LogP contribution is -2.30. The van der Waals surface area contributed by atoms with Crippen LogP contribution in [0.15, 0.2) is 47.1 Å². The fourth-order valence-electron chi connectivity index (χ4n) is 1.67. The molecule has 3 N–H and O–H groups in total. The highest BCUT2D eigenvalue weighted by molar-refractivity contribution is 5.18. The zero-order valence-electron chi connectivity index (χ0n) is 9.21. The van der Waals surface area contributed by atoms with Gasteiger partial charge in [0, 0.05) is 6.04 Å². The predicted octanol–water partition coefficient (Wildman–Crippen LogP) is 2.02. The SMILES string of the molecule is NC(Cc1ccc(F)cc1)C(O)c1ccco1. The highest BCUT2D eigenvalue weighted by atomic mass is 19.1. The van der Waals surface area contributed by atoms with Crippen molar-refractivity contribution in [3.05, 3.63) is 59.8 Å². The second-order valence-corrected chi connectivity index (χ2v) is 3.95. The van der Waals surface area contributed by atoms with Crippen molar-refractivity contribution in [1.29, 1.82) is 0 Å². The molecule has 0 saturated carbocycles. The first-order valence-corrected chi connectivity index (χ1v) is 5.38.